The van der Waals surface area contributed by atoms with Gasteiger partial charge in [-0.1, -0.05) is 45.9 Å². The first-order chi connectivity index (χ1) is 15.0. The third-order valence-electron chi connectivity index (χ3n) is 5.85. The van der Waals surface area contributed by atoms with E-state index in [4.69, 9.17) is 4.98 Å². The van der Waals surface area contributed by atoms with Crippen LogP contribution in [0.3, 0.4) is 0 Å². The quantitative estimate of drug-likeness (QED) is 0.394. The lowest BCUT2D eigenvalue weighted by Crippen LogP contribution is -2.07. The van der Waals surface area contributed by atoms with Crippen LogP contribution in [0.1, 0.15) is 73.8 Å². The second kappa shape index (κ2) is 9.29. The summed E-state index contributed by atoms with van der Waals surface area (Å²) in [6, 6.07) is 14.9. The molecule has 0 N–H and O–H groups in total. The summed E-state index contributed by atoms with van der Waals surface area (Å²) in [5.41, 5.74) is 5.51. The first-order valence-electron chi connectivity index (χ1n) is 11.0. The lowest BCUT2D eigenvalue weighted by atomic mass is 9.96. The third kappa shape index (κ3) is 5.10. The van der Waals surface area contributed by atoms with Crippen LogP contribution in [0, 0.1) is 0 Å². The summed E-state index contributed by atoms with van der Waals surface area (Å²) in [5, 5.41) is 10.7. The molecule has 0 aliphatic carbocycles. The van der Waals surface area contributed by atoms with E-state index in [2.05, 4.69) is 78.2 Å². The van der Waals surface area contributed by atoms with E-state index in [9.17, 15) is 0 Å². The first kappa shape index (κ1) is 21.0. The van der Waals surface area contributed by atoms with Crippen LogP contribution < -0.4 is 0 Å². The molecular weight excluding hydrogens is 382 g/mol. The zero-order valence-corrected chi connectivity index (χ0v) is 18.7. The van der Waals surface area contributed by atoms with Crippen LogP contribution in [0.15, 0.2) is 61.2 Å². The summed E-state index contributed by atoms with van der Waals surface area (Å²) in [4.78, 5) is 13.7. The zero-order valence-electron chi connectivity index (χ0n) is 18.7. The lowest BCUT2D eigenvalue weighted by Gasteiger charge is -2.14. The molecule has 0 fully saturated rings. The van der Waals surface area contributed by atoms with Gasteiger partial charge in [-0.15, -0.1) is 0 Å². The summed E-state index contributed by atoms with van der Waals surface area (Å²) >= 11 is 0. The van der Waals surface area contributed by atoms with Crippen molar-refractivity contribution in [3.8, 4) is 0 Å². The molecular formula is C26H29N5. The van der Waals surface area contributed by atoms with Gasteiger partial charge < -0.3 is 0 Å². The number of benzene rings is 1. The molecule has 1 aromatic carbocycles. The molecule has 5 nitrogen and oxygen atoms in total. The van der Waals surface area contributed by atoms with Crippen molar-refractivity contribution >= 4 is 10.8 Å². The number of hydrogen-bond donors (Lipinski definition) is 0. The van der Waals surface area contributed by atoms with Crippen molar-refractivity contribution in [2.75, 3.05) is 0 Å². The van der Waals surface area contributed by atoms with Crippen LogP contribution in [0.4, 0.5) is 0 Å². The van der Waals surface area contributed by atoms with Crippen LogP contribution >= 0.6 is 0 Å². The normalized spacial score (nSPS) is 13.5. The SMILES string of the molecule is CC(C)c1ccc2cnc(CC(C)c3cc(CC(C)c4cccnn4)ncn3)cc2c1. The van der Waals surface area contributed by atoms with Gasteiger partial charge in [0, 0.05) is 46.7 Å². The van der Waals surface area contributed by atoms with E-state index in [0.29, 0.717) is 5.92 Å². The lowest BCUT2D eigenvalue weighted by molar-refractivity contribution is 0.678. The predicted octanol–water partition coefficient (Wildman–Crippen LogP) is 5.63. The van der Waals surface area contributed by atoms with Gasteiger partial charge in [-0.05, 0) is 54.0 Å². The molecule has 0 saturated heterocycles. The minimum absolute atomic E-state index is 0.254. The molecule has 0 aliphatic rings. The smallest absolute Gasteiger partial charge is 0.115 e. The highest BCUT2D eigenvalue weighted by Crippen LogP contribution is 2.25. The van der Waals surface area contributed by atoms with Crippen LogP contribution in [-0.4, -0.2) is 25.1 Å². The summed E-state index contributed by atoms with van der Waals surface area (Å²) in [5.74, 6) is 1.03. The second-order valence-electron chi connectivity index (χ2n) is 8.73. The van der Waals surface area contributed by atoms with E-state index in [0.717, 1.165) is 35.6 Å². The average molecular weight is 412 g/mol. The van der Waals surface area contributed by atoms with Crippen LogP contribution in [0.25, 0.3) is 10.8 Å². The molecule has 0 aliphatic heterocycles. The van der Waals surface area contributed by atoms with Crippen molar-refractivity contribution in [3.05, 3.63) is 89.5 Å². The highest BCUT2D eigenvalue weighted by molar-refractivity contribution is 5.82. The molecule has 0 radical (unpaired) electrons. The van der Waals surface area contributed by atoms with E-state index in [1.54, 1.807) is 12.5 Å². The maximum absolute atomic E-state index is 4.70. The summed E-state index contributed by atoms with van der Waals surface area (Å²) in [6.45, 7) is 8.81. The van der Waals surface area contributed by atoms with E-state index in [-0.39, 0.29) is 11.8 Å². The molecule has 0 spiro atoms. The first-order valence-corrected chi connectivity index (χ1v) is 11.0. The molecule has 0 saturated carbocycles. The van der Waals surface area contributed by atoms with Crippen LogP contribution in [0.2, 0.25) is 0 Å². The van der Waals surface area contributed by atoms with Gasteiger partial charge in [-0.3, -0.25) is 4.98 Å². The Morgan fingerprint density at radius 1 is 0.742 bits per heavy atom. The standard InChI is InChI=1S/C26H29N5/c1-17(2)20-7-8-21-15-27-23(13-22(21)12-20)11-19(4)26-14-24(28-16-29-26)10-18(3)25-6-5-9-30-31-25/h5-9,12-19H,10-11H2,1-4H3. The summed E-state index contributed by atoms with van der Waals surface area (Å²) in [6.07, 6.45) is 7.01. The van der Waals surface area contributed by atoms with Gasteiger partial charge in [-0.25, -0.2) is 9.97 Å². The molecule has 5 heteroatoms. The Morgan fingerprint density at radius 2 is 1.52 bits per heavy atom. The third-order valence-corrected chi connectivity index (χ3v) is 5.85. The molecule has 4 aromatic rings. The van der Waals surface area contributed by atoms with Gasteiger partial charge >= 0.3 is 0 Å². The Kier molecular flexibility index (Phi) is 6.31. The number of fused-ring (bicyclic) bond motifs is 1. The summed E-state index contributed by atoms with van der Waals surface area (Å²) in [7, 11) is 0. The fraction of sp³-hybridized carbons (Fsp3) is 0.346. The Bertz CT molecular complexity index is 1160. The monoisotopic (exact) mass is 411 g/mol. The van der Waals surface area contributed by atoms with Crippen molar-refractivity contribution in [3.63, 3.8) is 0 Å². The number of rotatable bonds is 7. The molecule has 31 heavy (non-hydrogen) atoms. The molecule has 3 aromatic heterocycles. The minimum Gasteiger partial charge on any atom is -0.261 e. The molecule has 0 bridgehead atoms. The zero-order chi connectivity index (χ0) is 21.8. The van der Waals surface area contributed by atoms with Gasteiger partial charge in [0.1, 0.15) is 6.33 Å². The summed E-state index contributed by atoms with van der Waals surface area (Å²) < 4.78 is 0. The molecule has 4 rings (SSSR count). The van der Waals surface area contributed by atoms with E-state index in [1.165, 1.54) is 16.3 Å². The van der Waals surface area contributed by atoms with Gasteiger partial charge in [-0.2, -0.15) is 10.2 Å². The Morgan fingerprint density at radius 3 is 2.26 bits per heavy atom. The molecule has 3 heterocycles. The fourth-order valence-electron chi connectivity index (χ4n) is 3.88. The Labute approximate surface area is 184 Å². The van der Waals surface area contributed by atoms with Gasteiger partial charge in [0.25, 0.3) is 0 Å². The van der Waals surface area contributed by atoms with Gasteiger partial charge in [0.15, 0.2) is 0 Å². The minimum atomic E-state index is 0.254. The van der Waals surface area contributed by atoms with Crippen molar-refractivity contribution in [1.29, 1.82) is 0 Å². The molecule has 0 amide bonds. The maximum atomic E-state index is 4.70. The van der Waals surface area contributed by atoms with Crippen LogP contribution in [0.5, 0.6) is 0 Å². The van der Waals surface area contributed by atoms with Crippen molar-refractivity contribution in [2.24, 2.45) is 0 Å². The molecule has 2 unspecified atom stereocenters. The molecule has 158 valence electrons. The van der Waals surface area contributed by atoms with Crippen molar-refractivity contribution in [2.45, 2.75) is 58.3 Å². The van der Waals surface area contributed by atoms with E-state index < -0.39 is 0 Å². The van der Waals surface area contributed by atoms with E-state index >= 15 is 0 Å². The molecule has 2 atom stereocenters. The second-order valence-corrected chi connectivity index (χ2v) is 8.73. The topological polar surface area (TPSA) is 64.5 Å². The van der Waals surface area contributed by atoms with Gasteiger partial charge in [0.2, 0.25) is 0 Å². The highest BCUT2D eigenvalue weighted by atomic mass is 15.1. The number of pyridine rings is 1. The van der Waals surface area contributed by atoms with Gasteiger partial charge in [0.05, 0.1) is 5.69 Å². The van der Waals surface area contributed by atoms with Crippen LogP contribution in [-0.2, 0) is 12.8 Å². The average Bonchev–Trinajstić information content (AvgIpc) is 2.79. The highest BCUT2D eigenvalue weighted by Gasteiger charge is 2.14. The number of aromatic nitrogens is 5. The fourth-order valence-corrected chi connectivity index (χ4v) is 3.88. The Balaban J connectivity index is 1.49. The largest absolute Gasteiger partial charge is 0.261 e. The van der Waals surface area contributed by atoms with E-state index in [1.807, 2.05) is 18.3 Å². The Hall–Kier alpha value is -3.21. The number of hydrogen-bond acceptors (Lipinski definition) is 5. The number of nitrogens with zero attached hydrogens (tertiary/aromatic N) is 5. The van der Waals surface area contributed by atoms with Crippen molar-refractivity contribution < 1.29 is 0 Å². The van der Waals surface area contributed by atoms with Crippen molar-refractivity contribution in [1.82, 2.24) is 25.1 Å². The maximum Gasteiger partial charge on any atom is 0.115 e. The predicted molar refractivity (Wildman–Crippen MR) is 124 cm³/mol.